The lowest BCUT2D eigenvalue weighted by atomic mass is 10.2. The van der Waals surface area contributed by atoms with Gasteiger partial charge in [-0.1, -0.05) is 13.0 Å². The Morgan fingerprint density at radius 1 is 1.33 bits per heavy atom. The molecule has 0 aromatic heterocycles. The Kier molecular flexibility index (Phi) is 6.42. The summed E-state index contributed by atoms with van der Waals surface area (Å²) in [6, 6.07) is 0. The molecule has 0 aliphatic carbocycles. The highest BCUT2D eigenvalue weighted by atomic mass is 16.4. The number of hydrogen-bond acceptors (Lipinski definition) is 2. The van der Waals surface area contributed by atoms with Gasteiger partial charge in [-0.2, -0.15) is 0 Å². The predicted octanol–water partition coefficient (Wildman–Crippen LogP) is 1.67. The zero-order chi connectivity index (χ0) is 11.8. The van der Waals surface area contributed by atoms with Gasteiger partial charge in [0.05, 0.1) is 6.42 Å². The number of hydrogen-bond donors (Lipinski definition) is 1. The summed E-state index contributed by atoms with van der Waals surface area (Å²) in [5.41, 5.74) is 0.685. The molecule has 0 fully saturated rings. The number of aliphatic carboxylic acids is 1. The summed E-state index contributed by atoms with van der Waals surface area (Å²) in [5, 5.41) is 8.53. The molecular weight excluding hydrogens is 194 g/mol. The molecule has 1 N–H and O–H groups in total. The van der Waals surface area contributed by atoms with Gasteiger partial charge in [0.1, 0.15) is 0 Å². The predicted molar refractivity (Wildman–Crippen MR) is 58.6 cm³/mol. The molecule has 0 unspecified atom stereocenters. The van der Waals surface area contributed by atoms with Crippen molar-refractivity contribution in [1.82, 2.24) is 4.90 Å². The van der Waals surface area contributed by atoms with Crippen molar-refractivity contribution in [3.63, 3.8) is 0 Å². The summed E-state index contributed by atoms with van der Waals surface area (Å²) in [4.78, 5) is 23.7. The molecule has 0 spiro atoms. The molecule has 1 amide bonds. The van der Waals surface area contributed by atoms with Crippen LogP contribution in [0.15, 0.2) is 11.6 Å². The van der Waals surface area contributed by atoms with Crippen molar-refractivity contribution < 1.29 is 14.7 Å². The lowest BCUT2D eigenvalue weighted by Gasteiger charge is -2.20. The Hall–Kier alpha value is -1.32. The normalized spacial score (nSPS) is 11.3. The highest BCUT2D eigenvalue weighted by Gasteiger charge is 2.13. The average molecular weight is 213 g/mol. The summed E-state index contributed by atoms with van der Waals surface area (Å²) in [7, 11) is 0. The minimum Gasteiger partial charge on any atom is -0.481 e. The minimum atomic E-state index is -0.877. The third-order valence-corrected chi connectivity index (χ3v) is 2.11. The van der Waals surface area contributed by atoms with Gasteiger partial charge in [0.15, 0.2) is 0 Å². The van der Waals surface area contributed by atoms with Crippen LogP contribution in [-0.4, -0.2) is 35.0 Å². The van der Waals surface area contributed by atoms with Gasteiger partial charge < -0.3 is 10.0 Å². The molecule has 0 atom stereocenters. The summed E-state index contributed by atoms with van der Waals surface area (Å²) in [5.74, 6) is -0.945. The summed E-state index contributed by atoms with van der Waals surface area (Å²) >= 11 is 0. The standard InChI is InChI=1S/C11H19NO3/c1-4-6-9(3)11(15)12(5-2)8-7-10(13)14/h6H,4-5,7-8H2,1-3H3,(H,13,14)/b9-6+. The highest BCUT2D eigenvalue weighted by molar-refractivity contribution is 5.92. The van der Waals surface area contributed by atoms with E-state index in [2.05, 4.69) is 0 Å². The van der Waals surface area contributed by atoms with Crippen LogP contribution in [0.1, 0.15) is 33.6 Å². The van der Waals surface area contributed by atoms with E-state index in [1.54, 1.807) is 11.8 Å². The number of carbonyl (C=O) groups is 2. The van der Waals surface area contributed by atoms with Gasteiger partial charge in [0, 0.05) is 18.7 Å². The summed E-state index contributed by atoms with van der Waals surface area (Å²) < 4.78 is 0. The molecule has 0 aromatic rings. The van der Waals surface area contributed by atoms with Gasteiger partial charge in [-0.25, -0.2) is 0 Å². The number of nitrogens with zero attached hydrogens (tertiary/aromatic N) is 1. The fourth-order valence-electron chi connectivity index (χ4n) is 1.28. The Morgan fingerprint density at radius 3 is 2.33 bits per heavy atom. The SMILES string of the molecule is CC/C=C(\C)C(=O)N(CC)CCC(=O)O. The lowest BCUT2D eigenvalue weighted by Crippen LogP contribution is -2.33. The van der Waals surface area contributed by atoms with Crippen molar-refractivity contribution in [3.05, 3.63) is 11.6 Å². The van der Waals surface area contributed by atoms with E-state index in [1.807, 2.05) is 19.9 Å². The topological polar surface area (TPSA) is 57.6 Å². The third-order valence-electron chi connectivity index (χ3n) is 2.11. The molecule has 0 aliphatic heterocycles. The second-order valence-electron chi connectivity index (χ2n) is 3.32. The second-order valence-corrected chi connectivity index (χ2v) is 3.32. The Bertz CT molecular complexity index is 259. The van der Waals surface area contributed by atoms with E-state index >= 15 is 0 Å². The molecule has 0 bridgehead atoms. The van der Waals surface area contributed by atoms with Gasteiger partial charge in [0.25, 0.3) is 0 Å². The molecule has 86 valence electrons. The Balaban J connectivity index is 4.34. The van der Waals surface area contributed by atoms with Gasteiger partial charge in [-0.3, -0.25) is 9.59 Å². The van der Waals surface area contributed by atoms with Crippen LogP contribution < -0.4 is 0 Å². The van der Waals surface area contributed by atoms with E-state index in [1.165, 1.54) is 0 Å². The van der Waals surface area contributed by atoms with Crippen LogP contribution in [0.4, 0.5) is 0 Å². The molecular formula is C11H19NO3. The number of carboxylic acid groups (broad SMARTS) is 1. The molecule has 0 rings (SSSR count). The van der Waals surface area contributed by atoms with Gasteiger partial charge >= 0.3 is 5.97 Å². The number of likely N-dealkylation sites (N-methyl/N-ethyl adjacent to an activating group) is 1. The first-order valence-corrected chi connectivity index (χ1v) is 5.20. The summed E-state index contributed by atoms with van der Waals surface area (Å²) in [6.07, 6.45) is 2.67. The maximum absolute atomic E-state index is 11.7. The van der Waals surface area contributed by atoms with Crippen molar-refractivity contribution in [1.29, 1.82) is 0 Å². The van der Waals surface area contributed by atoms with E-state index < -0.39 is 5.97 Å². The summed E-state index contributed by atoms with van der Waals surface area (Å²) in [6.45, 7) is 6.39. The van der Waals surface area contributed by atoms with Crippen LogP contribution >= 0.6 is 0 Å². The molecule has 0 radical (unpaired) electrons. The molecule has 4 nitrogen and oxygen atoms in total. The van der Waals surface area contributed by atoms with Crippen molar-refractivity contribution in [2.45, 2.75) is 33.6 Å². The first-order chi connectivity index (χ1) is 7.02. The van der Waals surface area contributed by atoms with E-state index in [4.69, 9.17) is 5.11 Å². The van der Waals surface area contributed by atoms with E-state index in [0.29, 0.717) is 12.1 Å². The van der Waals surface area contributed by atoms with Crippen LogP contribution in [-0.2, 0) is 9.59 Å². The molecule has 0 heterocycles. The first kappa shape index (κ1) is 13.7. The zero-order valence-electron chi connectivity index (χ0n) is 9.62. The molecule has 0 saturated carbocycles. The monoisotopic (exact) mass is 213 g/mol. The number of carboxylic acids is 1. The highest BCUT2D eigenvalue weighted by Crippen LogP contribution is 2.03. The number of carbonyl (C=O) groups excluding carboxylic acids is 1. The smallest absolute Gasteiger partial charge is 0.305 e. The van der Waals surface area contributed by atoms with E-state index in [0.717, 1.165) is 6.42 Å². The molecule has 0 aromatic carbocycles. The van der Waals surface area contributed by atoms with Crippen LogP contribution in [0.25, 0.3) is 0 Å². The lowest BCUT2D eigenvalue weighted by molar-refractivity contribution is -0.138. The van der Waals surface area contributed by atoms with Crippen LogP contribution in [0.2, 0.25) is 0 Å². The largest absolute Gasteiger partial charge is 0.481 e. The fraction of sp³-hybridized carbons (Fsp3) is 0.636. The number of amides is 1. The minimum absolute atomic E-state index is 0.00101. The Morgan fingerprint density at radius 2 is 1.93 bits per heavy atom. The third kappa shape index (κ3) is 5.20. The van der Waals surface area contributed by atoms with E-state index in [9.17, 15) is 9.59 Å². The molecule has 0 aliphatic rings. The quantitative estimate of drug-likeness (QED) is 0.683. The first-order valence-electron chi connectivity index (χ1n) is 5.20. The number of allylic oxidation sites excluding steroid dienone is 1. The van der Waals surface area contributed by atoms with Gasteiger partial charge in [0.2, 0.25) is 5.91 Å². The average Bonchev–Trinajstić information content (AvgIpc) is 2.18. The van der Waals surface area contributed by atoms with Crippen molar-refractivity contribution in [3.8, 4) is 0 Å². The molecule has 0 saturated heterocycles. The zero-order valence-corrected chi connectivity index (χ0v) is 9.62. The van der Waals surface area contributed by atoms with E-state index in [-0.39, 0.29) is 18.9 Å². The van der Waals surface area contributed by atoms with Gasteiger partial charge in [-0.05, 0) is 20.3 Å². The van der Waals surface area contributed by atoms with Gasteiger partial charge in [-0.15, -0.1) is 0 Å². The van der Waals surface area contributed by atoms with Crippen LogP contribution in [0.5, 0.6) is 0 Å². The maximum Gasteiger partial charge on any atom is 0.305 e. The number of rotatable bonds is 6. The van der Waals surface area contributed by atoms with Crippen molar-refractivity contribution in [2.75, 3.05) is 13.1 Å². The second kappa shape index (κ2) is 7.04. The fourth-order valence-corrected chi connectivity index (χ4v) is 1.28. The van der Waals surface area contributed by atoms with Crippen molar-refractivity contribution in [2.24, 2.45) is 0 Å². The maximum atomic E-state index is 11.7. The van der Waals surface area contributed by atoms with Crippen LogP contribution in [0.3, 0.4) is 0 Å². The molecule has 15 heavy (non-hydrogen) atoms. The van der Waals surface area contributed by atoms with Crippen LogP contribution in [0, 0.1) is 0 Å². The van der Waals surface area contributed by atoms with Crippen molar-refractivity contribution >= 4 is 11.9 Å². The Labute approximate surface area is 90.6 Å². The molecule has 4 heteroatoms.